The Morgan fingerprint density at radius 2 is 1.71 bits per heavy atom. The minimum atomic E-state index is -0.112. The van der Waals surface area contributed by atoms with Gasteiger partial charge in [-0.1, -0.05) is 54.1 Å². The molecule has 2 aromatic carbocycles. The minimum Gasteiger partial charge on any atom is -0.306 e. The van der Waals surface area contributed by atoms with Crippen molar-refractivity contribution in [1.29, 1.82) is 0 Å². The Labute approximate surface area is 127 Å². The highest BCUT2D eigenvalue weighted by atomic mass is 35.5. The van der Waals surface area contributed by atoms with E-state index < -0.39 is 0 Å². The molecule has 0 unspecified atom stereocenters. The van der Waals surface area contributed by atoms with E-state index in [1.54, 1.807) is 6.20 Å². The molecule has 1 aromatic heterocycles. The number of halogens is 1. The number of H-pyrrole nitrogens is 1. The molecular formula is C17H13ClN2O. The lowest BCUT2D eigenvalue weighted by Gasteiger charge is -2.04. The van der Waals surface area contributed by atoms with Gasteiger partial charge in [0.2, 0.25) is 0 Å². The molecule has 0 aliphatic rings. The van der Waals surface area contributed by atoms with E-state index in [0.29, 0.717) is 22.8 Å². The van der Waals surface area contributed by atoms with Gasteiger partial charge in [0, 0.05) is 28.8 Å². The maximum Gasteiger partial charge on any atom is 0.254 e. The monoisotopic (exact) mass is 296 g/mol. The number of aromatic nitrogens is 2. The maximum atomic E-state index is 12.2. The van der Waals surface area contributed by atoms with Crippen LogP contribution in [0.4, 0.5) is 0 Å². The fourth-order valence-corrected chi connectivity index (χ4v) is 2.24. The van der Waals surface area contributed by atoms with Crippen molar-refractivity contribution in [2.24, 2.45) is 0 Å². The Bertz CT molecular complexity index is 795. The van der Waals surface area contributed by atoms with Crippen LogP contribution in [0.2, 0.25) is 5.02 Å². The molecule has 104 valence electrons. The third-order valence-corrected chi connectivity index (χ3v) is 3.48. The van der Waals surface area contributed by atoms with Crippen molar-refractivity contribution < 1.29 is 0 Å². The molecule has 0 aliphatic carbocycles. The van der Waals surface area contributed by atoms with Crippen LogP contribution in [-0.2, 0) is 6.42 Å². The largest absolute Gasteiger partial charge is 0.306 e. The van der Waals surface area contributed by atoms with E-state index >= 15 is 0 Å². The molecule has 3 nitrogen and oxygen atoms in total. The number of hydrogen-bond acceptors (Lipinski definition) is 2. The highest BCUT2D eigenvalue weighted by Gasteiger charge is 2.05. The van der Waals surface area contributed by atoms with Gasteiger partial charge in [0.15, 0.2) is 0 Å². The van der Waals surface area contributed by atoms with E-state index in [-0.39, 0.29) is 5.56 Å². The zero-order chi connectivity index (χ0) is 14.7. The van der Waals surface area contributed by atoms with Crippen molar-refractivity contribution in [2.45, 2.75) is 6.42 Å². The van der Waals surface area contributed by atoms with Crippen molar-refractivity contribution in [3.63, 3.8) is 0 Å². The Balaban J connectivity index is 1.88. The zero-order valence-corrected chi connectivity index (χ0v) is 12.0. The topological polar surface area (TPSA) is 45.8 Å². The third-order valence-electron chi connectivity index (χ3n) is 3.23. The molecule has 0 saturated heterocycles. The quantitative estimate of drug-likeness (QED) is 0.801. The molecular weight excluding hydrogens is 284 g/mol. The van der Waals surface area contributed by atoms with Gasteiger partial charge in [-0.2, -0.15) is 0 Å². The average Bonchev–Trinajstić information content (AvgIpc) is 2.52. The summed E-state index contributed by atoms with van der Waals surface area (Å²) in [5, 5.41) is 0.685. The lowest BCUT2D eigenvalue weighted by Crippen LogP contribution is -2.14. The molecule has 0 fully saturated rings. The normalized spacial score (nSPS) is 10.5. The molecule has 0 atom stereocenters. The smallest absolute Gasteiger partial charge is 0.254 e. The van der Waals surface area contributed by atoms with Gasteiger partial charge in [-0.15, -0.1) is 0 Å². The summed E-state index contributed by atoms with van der Waals surface area (Å²) in [5.41, 5.74) is 2.45. The first-order chi connectivity index (χ1) is 10.2. The molecule has 0 bridgehead atoms. The van der Waals surface area contributed by atoms with Gasteiger partial charge < -0.3 is 4.98 Å². The maximum absolute atomic E-state index is 12.2. The summed E-state index contributed by atoms with van der Waals surface area (Å²) in [4.78, 5) is 19.3. The van der Waals surface area contributed by atoms with Crippen LogP contribution in [0, 0.1) is 0 Å². The third kappa shape index (κ3) is 3.20. The van der Waals surface area contributed by atoms with Gasteiger partial charge in [-0.3, -0.25) is 4.79 Å². The Morgan fingerprint density at radius 1 is 1.00 bits per heavy atom. The van der Waals surface area contributed by atoms with Gasteiger partial charge in [-0.05, 0) is 17.7 Å². The number of nitrogens with zero attached hydrogens (tertiary/aromatic N) is 1. The predicted octanol–water partition coefficient (Wildman–Crippen LogP) is 3.68. The molecule has 1 heterocycles. The van der Waals surface area contributed by atoms with E-state index in [0.717, 1.165) is 11.1 Å². The van der Waals surface area contributed by atoms with Crippen LogP contribution >= 0.6 is 11.6 Å². The molecule has 3 rings (SSSR count). The second kappa shape index (κ2) is 5.94. The van der Waals surface area contributed by atoms with Gasteiger partial charge in [0.25, 0.3) is 5.56 Å². The van der Waals surface area contributed by atoms with Gasteiger partial charge in [-0.25, -0.2) is 4.98 Å². The van der Waals surface area contributed by atoms with Crippen molar-refractivity contribution >= 4 is 11.6 Å². The SMILES string of the molecule is O=c1[nH]c(-c2ccccc2)ncc1Cc1ccc(Cl)cc1. The summed E-state index contributed by atoms with van der Waals surface area (Å²) in [5.74, 6) is 0.584. The molecule has 4 heteroatoms. The lowest BCUT2D eigenvalue weighted by molar-refractivity contribution is 1.03. The highest BCUT2D eigenvalue weighted by Crippen LogP contribution is 2.14. The minimum absolute atomic E-state index is 0.112. The summed E-state index contributed by atoms with van der Waals surface area (Å²) in [6.07, 6.45) is 2.17. The van der Waals surface area contributed by atoms with Crippen molar-refractivity contribution in [1.82, 2.24) is 9.97 Å². The van der Waals surface area contributed by atoms with Crippen LogP contribution in [0.1, 0.15) is 11.1 Å². The number of nitrogens with one attached hydrogen (secondary N) is 1. The first-order valence-corrected chi connectivity index (χ1v) is 6.98. The molecule has 0 radical (unpaired) electrons. The number of benzene rings is 2. The van der Waals surface area contributed by atoms with Crippen LogP contribution in [0.5, 0.6) is 0 Å². The molecule has 0 amide bonds. The fourth-order valence-electron chi connectivity index (χ4n) is 2.11. The average molecular weight is 297 g/mol. The van der Waals surface area contributed by atoms with E-state index in [1.807, 2.05) is 54.6 Å². The van der Waals surface area contributed by atoms with Gasteiger partial charge in [0.1, 0.15) is 5.82 Å². The molecule has 3 aromatic rings. The Morgan fingerprint density at radius 3 is 2.38 bits per heavy atom. The van der Waals surface area contributed by atoms with Gasteiger partial charge >= 0.3 is 0 Å². The Kier molecular flexibility index (Phi) is 3.84. The second-order valence-corrected chi connectivity index (χ2v) is 5.19. The summed E-state index contributed by atoms with van der Waals surface area (Å²) >= 11 is 5.85. The van der Waals surface area contributed by atoms with Crippen LogP contribution in [0.3, 0.4) is 0 Å². The molecule has 0 saturated carbocycles. The first-order valence-electron chi connectivity index (χ1n) is 6.60. The van der Waals surface area contributed by atoms with Crippen LogP contribution in [0.15, 0.2) is 65.6 Å². The van der Waals surface area contributed by atoms with Crippen molar-refractivity contribution in [3.8, 4) is 11.4 Å². The summed E-state index contributed by atoms with van der Waals surface area (Å²) in [6, 6.07) is 17.0. The fraction of sp³-hybridized carbons (Fsp3) is 0.0588. The zero-order valence-electron chi connectivity index (χ0n) is 11.2. The second-order valence-electron chi connectivity index (χ2n) is 4.76. The number of rotatable bonds is 3. The summed E-state index contributed by atoms with van der Waals surface area (Å²) in [6.45, 7) is 0. The molecule has 0 spiro atoms. The van der Waals surface area contributed by atoms with Crippen LogP contribution < -0.4 is 5.56 Å². The number of aromatic amines is 1. The molecule has 21 heavy (non-hydrogen) atoms. The lowest BCUT2D eigenvalue weighted by atomic mass is 10.1. The summed E-state index contributed by atoms with van der Waals surface area (Å²) in [7, 11) is 0. The van der Waals surface area contributed by atoms with Crippen molar-refractivity contribution in [3.05, 3.63) is 87.3 Å². The number of hydrogen-bond donors (Lipinski definition) is 1. The molecule has 0 aliphatic heterocycles. The van der Waals surface area contributed by atoms with Crippen LogP contribution in [0.25, 0.3) is 11.4 Å². The Hall–Kier alpha value is -2.39. The van der Waals surface area contributed by atoms with E-state index in [2.05, 4.69) is 9.97 Å². The first kappa shape index (κ1) is 13.6. The molecule has 1 N–H and O–H groups in total. The van der Waals surface area contributed by atoms with Crippen molar-refractivity contribution in [2.75, 3.05) is 0 Å². The van der Waals surface area contributed by atoms with E-state index in [9.17, 15) is 4.79 Å². The predicted molar refractivity (Wildman–Crippen MR) is 84.6 cm³/mol. The van der Waals surface area contributed by atoms with E-state index in [4.69, 9.17) is 11.6 Å². The summed E-state index contributed by atoms with van der Waals surface area (Å²) < 4.78 is 0. The van der Waals surface area contributed by atoms with E-state index in [1.165, 1.54) is 0 Å². The standard InChI is InChI=1S/C17H13ClN2O/c18-15-8-6-12(7-9-15)10-14-11-19-16(20-17(14)21)13-4-2-1-3-5-13/h1-9,11H,10H2,(H,19,20,21). The van der Waals surface area contributed by atoms with Gasteiger partial charge in [0.05, 0.1) is 0 Å². The highest BCUT2D eigenvalue weighted by molar-refractivity contribution is 6.30. The van der Waals surface area contributed by atoms with Crippen LogP contribution in [-0.4, -0.2) is 9.97 Å².